The molecule has 0 aliphatic carbocycles. The van der Waals surface area contributed by atoms with Gasteiger partial charge in [0.1, 0.15) is 17.5 Å². The average molecular weight is 391 g/mol. The Bertz CT molecular complexity index is 880. The van der Waals surface area contributed by atoms with Gasteiger partial charge < -0.3 is 10.2 Å². The highest BCUT2D eigenvalue weighted by Gasteiger charge is 2.25. The van der Waals surface area contributed by atoms with Gasteiger partial charge >= 0.3 is 0 Å². The molecule has 0 saturated carbocycles. The van der Waals surface area contributed by atoms with Gasteiger partial charge in [-0.2, -0.15) is 5.26 Å². The summed E-state index contributed by atoms with van der Waals surface area (Å²) in [6.07, 6.45) is 5.04. The number of hydrogen-bond acceptors (Lipinski definition) is 3. The third kappa shape index (κ3) is 6.18. The van der Waals surface area contributed by atoms with E-state index in [4.69, 9.17) is 0 Å². The van der Waals surface area contributed by atoms with Gasteiger partial charge in [0, 0.05) is 25.8 Å². The number of nitrogens with zero attached hydrogens (tertiary/aromatic N) is 2. The molecule has 0 radical (unpaired) electrons. The molecule has 0 aromatic heterocycles. The lowest BCUT2D eigenvalue weighted by Crippen LogP contribution is -2.39. The van der Waals surface area contributed by atoms with Crippen molar-refractivity contribution in [3.8, 4) is 6.07 Å². The van der Waals surface area contributed by atoms with E-state index in [1.54, 1.807) is 11.0 Å². The lowest BCUT2D eigenvalue weighted by atomic mass is 9.90. The van der Waals surface area contributed by atoms with Crippen molar-refractivity contribution in [1.82, 2.24) is 10.2 Å². The minimum atomic E-state index is -0.262. The van der Waals surface area contributed by atoms with Gasteiger partial charge in [0.2, 0.25) is 0 Å². The Morgan fingerprint density at radius 1 is 1.14 bits per heavy atom. The zero-order valence-corrected chi connectivity index (χ0v) is 16.5. The van der Waals surface area contributed by atoms with E-state index < -0.39 is 0 Å². The summed E-state index contributed by atoms with van der Waals surface area (Å²) in [5.74, 6) is 0.0888. The van der Waals surface area contributed by atoms with Crippen molar-refractivity contribution in [3.63, 3.8) is 0 Å². The van der Waals surface area contributed by atoms with Crippen LogP contribution in [0, 0.1) is 23.1 Å². The van der Waals surface area contributed by atoms with Gasteiger partial charge in [-0.05, 0) is 54.9 Å². The fourth-order valence-corrected chi connectivity index (χ4v) is 3.68. The molecule has 1 amide bonds. The first-order valence-electron chi connectivity index (χ1n) is 10.1. The van der Waals surface area contributed by atoms with Crippen LogP contribution in [0.2, 0.25) is 0 Å². The number of benzene rings is 2. The molecule has 0 unspecified atom stereocenters. The van der Waals surface area contributed by atoms with E-state index in [2.05, 4.69) is 29.6 Å². The number of carbonyl (C=O) groups is 1. The van der Waals surface area contributed by atoms with Crippen LogP contribution in [0.15, 0.2) is 66.4 Å². The molecule has 1 saturated heterocycles. The Hall–Kier alpha value is -3.13. The smallest absolute Gasteiger partial charge is 0.265 e. The second kappa shape index (κ2) is 10.4. The first kappa shape index (κ1) is 20.6. The molecule has 1 N–H and O–H groups in total. The van der Waals surface area contributed by atoms with Crippen molar-refractivity contribution < 1.29 is 9.18 Å². The third-order valence-electron chi connectivity index (χ3n) is 5.31. The van der Waals surface area contributed by atoms with Crippen LogP contribution in [-0.2, 0) is 17.6 Å². The van der Waals surface area contributed by atoms with E-state index in [0.29, 0.717) is 32.0 Å². The molecule has 0 atom stereocenters. The summed E-state index contributed by atoms with van der Waals surface area (Å²) in [4.78, 5) is 14.4. The molecule has 1 aliphatic rings. The topological polar surface area (TPSA) is 56.1 Å². The quantitative estimate of drug-likeness (QED) is 0.443. The highest BCUT2D eigenvalue weighted by Crippen LogP contribution is 2.22. The molecule has 5 heteroatoms. The minimum Gasteiger partial charge on any atom is -0.389 e. The first-order valence-corrected chi connectivity index (χ1v) is 10.1. The number of nitrogens with one attached hydrogen (secondary N) is 1. The molecular weight excluding hydrogens is 365 g/mol. The first-order chi connectivity index (χ1) is 14.2. The summed E-state index contributed by atoms with van der Waals surface area (Å²) < 4.78 is 13.2. The highest BCUT2D eigenvalue weighted by molar-refractivity contribution is 5.97. The number of amides is 1. The van der Waals surface area contributed by atoms with Crippen LogP contribution in [0.5, 0.6) is 0 Å². The fraction of sp³-hybridized carbons (Fsp3) is 0.333. The van der Waals surface area contributed by atoms with Crippen LogP contribution >= 0.6 is 0 Å². The SMILES string of the molecule is N#C/C(=C/NCCc1cccc(F)c1)C(=O)N1CCC(Cc2ccccc2)CC1. The van der Waals surface area contributed by atoms with Crippen molar-refractivity contribution in [2.75, 3.05) is 19.6 Å². The predicted molar refractivity (Wildman–Crippen MR) is 111 cm³/mol. The lowest BCUT2D eigenvalue weighted by Gasteiger charge is -2.32. The Kier molecular flexibility index (Phi) is 7.40. The minimum absolute atomic E-state index is 0.116. The molecule has 150 valence electrons. The number of carbonyl (C=O) groups excluding carboxylic acids is 1. The molecule has 2 aromatic carbocycles. The van der Waals surface area contributed by atoms with Crippen LogP contribution in [0.1, 0.15) is 24.0 Å². The van der Waals surface area contributed by atoms with Gasteiger partial charge in [-0.25, -0.2) is 4.39 Å². The Morgan fingerprint density at radius 2 is 1.86 bits per heavy atom. The molecule has 29 heavy (non-hydrogen) atoms. The predicted octanol–water partition coefficient (Wildman–Crippen LogP) is 3.85. The van der Waals surface area contributed by atoms with E-state index in [9.17, 15) is 14.4 Å². The number of piperidine rings is 1. The lowest BCUT2D eigenvalue weighted by molar-refractivity contribution is -0.128. The molecule has 1 fully saturated rings. The molecule has 1 aliphatic heterocycles. The Labute approximate surface area is 171 Å². The van der Waals surface area contributed by atoms with Crippen molar-refractivity contribution in [2.24, 2.45) is 5.92 Å². The van der Waals surface area contributed by atoms with Crippen LogP contribution in [0.4, 0.5) is 4.39 Å². The highest BCUT2D eigenvalue weighted by atomic mass is 19.1. The maximum Gasteiger partial charge on any atom is 0.265 e. The normalized spacial score (nSPS) is 15.0. The molecule has 2 aromatic rings. The van der Waals surface area contributed by atoms with E-state index in [-0.39, 0.29) is 17.3 Å². The zero-order valence-electron chi connectivity index (χ0n) is 16.5. The number of likely N-dealkylation sites (tertiary alicyclic amines) is 1. The summed E-state index contributed by atoms with van der Waals surface area (Å²) >= 11 is 0. The van der Waals surface area contributed by atoms with Gasteiger partial charge in [-0.15, -0.1) is 0 Å². The number of rotatable bonds is 7. The van der Waals surface area contributed by atoms with Crippen LogP contribution in [0.25, 0.3) is 0 Å². The zero-order chi connectivity index (χ0) is 20.5. The second-order valence-electron chi connectivity index (χ2n) is 7.43. The average Bonchev–Trinajstić information content (AvgIpc) is 2.75. The van der Waals surface area contributed by atoms with E-state index in [0.717, 1.165) is 24.8 Å². The van der Waals surface area contributed by atoms with Gasteiger partial charge in [-0.3, -0.25) is 4.79 Å². The molecular formula is C24H26FN3O. The summed E-state index contributed by atoms with van der Waals surface area (Å²) in [6.45, 7) is 1.89. The Balaban J connectivity index is 1.45. The molecule has 3 rings (SSSR count). The molecule has 1 heterocycles. The maximum absolute atomic E-state index is 13.2. The summed E-state index contributed by atoms with van der Waals surface area (Å²) in [5, 5.41) is 12.4. The number of halogens is 1. The van der Waals surface area contributed by atoms with Gasteiger partial charge in [0.15, 0.2) is 0 Å². The summed E-state index contributed by atoms with van der Waals surface area (Å²) in [6, 6.07) is 18.8. The van der Waals surface area contributed by atoms with E-state index in [1.807, 2.05) is 18.2 Å². The standard InChI is InChI=1S/C24H26FN3O/c25-23-8-4-7-20(16-23)9-12-27-18-22(17-26)24(29)28-13-10-21(11-14-28)15-19-5-2-1-3-6-19/h1-8,16,18,21,27H,9-15H2/b22-18-. The fourth-order valence-electron chi connectivity index (χ4n) is 3.68. The third-order valence-corrected chi connectivity index (χ3v) is 5.31. The van der Waals surface area contributed by atoms with Gasteiger partial charge in [-0.1, -0.05) is 42.5 Å². The van der Waals surface area contributed by atoms with Crippen molar-refractivity contribution >= 4 is 5.91 Å². The van der Waals surface area contributed by atoms with Crippen molar-refractivity contribution in [1.29, 1.82) is 5.26 Å². The molecule has 0 spiro atoms. The number of nitriles is 1. The summed E-state index contributed by atoms with van der Waals surface area (Å²) in [5.41, 5.74) is 2.32. The van der Waals surface area contributed by atoms with E-state index >= 15 is 0 Å². The van der Waals surface area contributed by atoms with Crippen molar-refractivity contribution in [3.05, 3.63) is 83.3 Å². The maximum atomic E-state index is 13.2. The monoisotopic (exact) mass is 391 g/mol. The van der Waals surface area contributed by atoms with Gasteiger partial charge in [0.25, 0.3) is 5.91 Å². The van der Waals surface area contributed by atoms with Crippen LogP contribution < -0.4 is 5.32 Å². The largest absolute Gasteiger partial charge is 0.389 e. The molecule has 0 bridgehead atoms. The summed E-state index contributed by atoms with van der Waals surface area (Å²) in [7, 11) is 0. The van der Waals surface area contributed by atoms with Crippen LogP contribution in [0.3, 0.4) is 0 Å². The van der Waals surface area contributed by atoms with Gasteiger partial charge in [0.05, 0.1) is 0 Å². The molecule has 4 nitrogen and oxygen atoms in total. The van der Waals surface area contributed by atoms with Crippen LogP contribution in [-0.4, -0.2) is 30.4 Å². The second-order valence-corrected chi connectivity index (χ2v) is 7.43. The Morgan fingerprint density at radius 3 is 2.55 bits per heavy atom. The van der Waals surface area contributed by atoms with Crippen molar-refractivity contribution in [2.45, 2.75) is 25.7 Å². The number of hydrogen-bond donors (Lipinski definition) is 1. The van der Waals surface area contributed by atoms with E-state index in [1.165, 1.54) is 23.9 Å².